The van der Waals surface area contributed by atoms with Crippen LogP contribution >= 0.6 is 11.8 Å². The van der Waals surface area contributed by atoms with Crippen LogP contribution < -0.4 is 11.1 Å². The maximum absolute atomic E-state index is 12.2. The van der Waals surface area contributed by atoms with Crippen LogP contribution in [0.4, 0.5) is 0 Å². The number of hydrogen-bond acceptors (Lipinski definition) is 5. The smallest absolute Gasteiger partial charge is 0.215 e. The number of aliphatic imine (C=N–C) groups is 1. The normalized spacial score (nSPS) is 24.9. The van der Waals surface area contributed by atoms with E-state index < -0.39 is 10.0 Å². The SMILES string of the molecule is CCN1CCCC1CN=C(N)NCCS(=O)(=O)N1CCSCC1. The van der Waals surface area contributed by atoms with Crippen molar-refractivity contribution in [3.63, 3.8) is 0 Å². The molecule has 9 heteroatoms. The zero-order valence-corrected chi connectivity index (χ0v) is 15.5. The first-order valence-corrected chi connectivity index (χ1v) is 11.1. The van der Waals surface area contributed by atoms with Gasteiger partial charge in [0.1, 0.15) is 0 Å². The Bertz CT molecular complexity index is 491. The maximum Gasteiger partial charge on any atom is 0.215 e. The van der Waals surface area contributed by atoms with E-state index in [1.807, 2.05) is 0 Å². The second-order valence-electron chi connectivity index (χ2n) is 5.90. The van der Waals surface area contributed by atoms with Crippen molar-refractivity contribution in [1.82, 2.24) is 14.5 Å². The maximum atomic E-state index is 12.2. The number of rotatable bonds is 7. The van der Waals surface area contributed by atoms with Crippen LogP contribution in [0.15, 0.2) is 4.99 Å². The summed E-state index contributed by atoms with van der Waals surface area (Å²) in [5, 5.41) is 2.93. The van der Waals surface area contributed by atoms with Crippen molar-refractivity contribution >= 4 is 27.7 Å². The van der Waals surface area contributed by atoms with Gasteiger partial charge in [-0.2, -0.15) is 11.8 Å². The standard InChI is InChI=1S/C14H29N5O2S2/c1-2-18-6-3-4-13(18)12-17-14(15)16-5-11-23(20,21)19-7-9-22-10-8-19/h13H,2-12H2,1H3,(H3,15,16,17). The molecule has 23 heavy (non-hydrogen) atoms. The topological polar surface area (TPSA) is 91.0 Å². The molecule has 0 aromatic rings. The summed E-state index contributed by atoms with van der Waals surface area (Å²) in [5.74, 6) is 2.17. The van der Waals surface area contributed by atoms with Gasteiger partial charge >= 0.3 is 0 Å². The molecule has 7 nitrogen and oxygen atoms in total. The van der Waals surface area contributed by atoms with Crippen molar-refractivity contribution in [2.75, 3.05) is 56.5 Å². The summed E-state index contributed by atoms with van der Waals surface area (Å²) in [6.07, 6.45) is 2.37. The van der Waals surface area contributed by atoms with Gasteiger partial charge in [0.2, 0.25) is 10.0 Å². The van der Waals surface area contributed by atoms with Crippen LogP contribution in [0, 0.1) is 0 Å². The molecule has 0 saturated carbocycles. The predicted molar refractivity (Wildman–Crippen MR) is 97.4 cm³/mol. The zero-order valence-electron chi connectivity index (χ0n) is 13.9. The number of likely N-dealkylation sites (tertiary alicyclic amines) is 1. The Labute approximate surface area is 144 Å². The Balaban J connectivity index is 1.71. The molecule has 2 saturated heterocycles. The van der Waals surface area contributed by atoms with Gasteiger partial charge in [-0.25, -0.2) is 12.7 Å². The van der Waals surface area contributed by atoms with Gasteiger partial charge in [-0.05, 0) is 25.9 Å². The van der Waals surface area contributed by atoms with E-state index >= 15 is 0 Å². The van der Waals surface area contributed by atoms with Crippen LogP contribution in [0.1, 0.15) is 19.8 Å². The van der Waals surface area contributed by atoms with E-state index in [0.717, 1.165) is 31.0 Å². The Morgan fingerprint density at radius 3 is 2.78 bits per heavy atom. The Morgan fingerprint density at radius 2 is 2.09 bits per heavy atom. The largest absolute Gasteiger partial charge is 0.370 e. The second-order valence-corrected chi connectivity index (χ2v) is 9.22. The lowest BCUT2D eigenvalue weighted by molar-refractivity contribution is 0.273. The summed E-state index contributed by atoms with van der Waals surface area (Å²) in [6.45, 7) is 6.56. The molecule has 0 spiro atoms. The van der Waals surface area contributed by atoms with Gasteiger partial charge in [-0.15, -0.1) is 0 Å². The van der Waals surface area contributed by atoms with E-state index in [0.29, 0.717) is 38.2 Å². The zero-order chi connectivity index (χ0) is 16.7. The summed E-state index contributed by atoms with van der Waals surface area (Å²) < 4.78 is 26.0. The third kappa shape index (κ3) is 5.81. The number of sulfonamides is 1. The molecule has 0 aromatic heterocycles. The fourth-order valence-electron chi connectivity index (χ4n) is 3.04. The lowest BCUT2D eigenvalue weighted by Crippen LogP contribution is -2.43. The number of nitrogens with one attached hydrogen (secondary N) is 1. The van der Waals surface area contributed by atoms with Crippen molar-refractivity contribution in [2.24, 2.45) is 10.7 Å². The number of thioether (sulfide) groups is 1. The van der Waals surface area contributed by atoms with E-state index in [-0.39, 0.29) is 5.75 Å². The summed E-state index contributed by atoms with van der Waals surface area (Å²) in [6, 6.07) is 0.468. The van der Waals surface area contributed by atoms with E-state index in [1.54, 1.807) is 16.1 Å². The van der Waals surface area contributed by atoms with Crippen molar-refractivity contribution in [1.29, 1.82) is 0 Å². The average molecular weight is 364 g/mol. The molecule has 2 fully saturated rings. The molecule has 1 unspecified atom stereocenters. The van der Waals surface area contributed by atoms with Gasteiger partial charge in [-0.1, -0.05) is 6.92 Å². The van der Waals surface area contributed by atoms with E-state index in [9.17, 15) is 8.42 Å². The van der Waals surface area contributed by atoms with Gasteiger partial charge in [0.25, 0.3) is 0 Å². The summed E-state index contributed by atoms with van der Waals surface area (Å²) >= 11 is 1.80. The van der Waals surface area contributed by atoms with Crippen LogP contribution in [-0.2, 0) is 10.0 Å². The fraction of sp³-hybridized carbons (Fsp3) is 0.929. The number of likely N-dealkylation sites (N-methyl/N-ethyl adjacent to an activating group) is 1. The Kier molecular flexibility index (Phi) is 7.45. The molecular weight excluding hydrogens is 334 g/mol. The monoisotopic (exact) mass is 363 g/mol. The van der Waals surface area contributed by atoms with Gasteiger partial charge in [0.05, 0.1) is 12.3 Å². The number of nitrogens with zero attached hydrogens (tertiary/aromatic N) is 3. The van der Waals surface area contributed by atoms with Crippen LogP contribution in [0.5, 0.6) is 0 Å². The Morgan fingerprint density at radius 1 is 1.35 bits per heavy atom. The molecule has 0 aliphatic carbocycles. The highest BCUT2D eigenvalue weighted by Crippen LogP contribution is 2.16. The molecular formula is C14H29N5O2S2. The molecule has 2 heterocycles. The molecule has 0 aromatic carbocycles. The first kappa shape index (κ1) is 18.8. The molecule has 1 atom stereocenters. The fourth-order valence-corrected chi connectivity index (χ4v) is 5.53. The van der Waals surface area contributed by atoms with Crippen LogP contribution in [0.2, 0.25) is 0 Å². The summed E-state index contributed by atoms with van der Waals surface area (Å²) in [5.41, 5.74) is 5.86. The van der Waals surface area contributed by atoms with Crippen LogP contribution in [0.3, 0.4) is 0 Å². The van der Waals surface area contributed by atoms with Crippen molar-refractivity contribution in [3.8, 4) is 0 Å². The molecule has 0 radical (unpaired) electrons. The molecule has 134 valence electrons. The van der Waals surface area contributed by atoms with E-state index in [4.69, 9.17) is 5.73 Å². The van der Waals surface area contributed by atoms with Gasteiger partial charge in [0, 0.05) is 37.2 Å². The minimum atomic E-state index is -3.18. The van der Waals surface area contributed by atoms with Crippen LogP contribution in [-0.4, -0.2) is 86.2 Å². The summed E-state index contributed by atoms with van der Waals surface area (Å²) in [7, 11) is -3.18. The van der Waals surface area contributed by atoms with E-state index in [2.05, 4.69) is 22.1 Å². The molecule has 0 bridgehead atoms. The highest BCUT2D eigenvalue weighted by Gasteiger charge is 2.24. The third-order valence-electron chi connectivity index (χ3n) is 4.41. The van der Waals surface area contributed by atoms with Gasteiger partial charge < -0.3 is 11.1 Å². The van der Waals surface area contributed by atoms with Gasteiger partial charge in [0.15, 0.2) is 5.96 Å². The summed E-state index contributed by atoms with van der Waals surface area (Å²) in [4.78, 5) is 6.78. The molecule has 2 aliphatic rings. The number of hydrogen-bond donors (Lipinski definition) is 2. The molecule has 2 rings (SSSR count). The lowest BCUT2D eigenvalue weighted by atomic mass is 10.2. The average Bonchev–Trinajstić information content (AvgIpc) is 3.01. The van der Waals surface area contributed by atoms with E-state index in [1.165, 1.54) is 6.42 Å². The molecule has 2 aliphatic heterocycles. The highest BCUT2D eigenvalue weighted by atomic mass is 32.2. The predicted octanol–water partition coefficient (Wildman–Crippen LogP) is -0.246. The van der Waals surface area contributed by atoms with Crippen molar-refractivity contribution in [3.05, 3.63) is 0 Å². The first-order valence-electron chi connectivity index (χ1n) is 8.36. The second kappa shape index (κ2) is 9.10. The Hall–Kier alpha value is -0.510. The number of guanidine groups is 1. The quantitative estimate of drug-likeness (QED) is 0.479. The molecule has 3 N–H and O–H groups in total. The third-order valence-corrected chi connectivity index (χ3v) is 7.22. The molecule has 0 amide bonds. The van der Waals surface area contributed by atoms with Gasteiger partial charge in [-0.3, -0.25) is 9.89 Å². The first-order chi connectivity index (χ1) is 11.0. The highest BCUT2D eigenvalue weighted by molar-refractivity contribution is 7.99. The minimum Gasteiger partial charge on any atom is -0.370 e. The minimum absolute atomic E-state index is 0.0679. The van der Waals surface area contributed by atoms with Crippen LogP contribution in [0.25, 0.3) is 0 Å². The van der Waals surface area contributed by atoms with Crippen molar-refractivity contribution in [2.45, 2.75) is 25.8 Å². The number of nitrogens with two attached hydrogens (primary N) is 1. The van der Waals surface area contributed by atoms with Crippen molar-refractivity contribution < 1.29 is 8.42 Å². The lowest BCUT2D eigenvalue weighted by Gasteiger charge is -2.25.